The summed E-state index contributed by atoms with van der Waals surface area (Å²) < 4.78 is 6.11. The van der Waals surface area contributed by atoms with Crippen LogP contribution in [0.4, 0.5) is 0 Å². The quantitative estimate of drug-likeness (QED) is 0.621. The zero-order chi connectivity index (χ0) is 11.7. The molecule has 7 heteroatoms. The molecule has 0 atom stereocenters. The number of hydrogen-bond donors (Lipinski definition) is 2. The second kappa shape index (κ2) is 4.08. The van der Waals surface area contributed by atoms with E-state index in [0.717, 1.165) is 0 Å². The van der Waals surface area contributed by atoms with Gasteiger partial charge in [0, 0.05) is 28.7 Å². The lowest BCUT2D eigenvalue weighted by Crippen LogP contribution is -2.39. The van der Waals surface area contributed by atoms with Crippen LogP contribution < -0.4 is 10.3 Å². The first kappa shape index (κ1) is 10.9. The molecule has 0 amide bonds. The van der Waals surface area contributed by atoms with Crippen molar-refractivity contribution < 1.29 is 19.1 Å². The standard InChI is InChI=1S/C9H5IN2O4/c10-7-9(15)16-11-12(7)6-4-2-1-3-5(6)8(13)14/h1-4H,(H-,11,13,14,15)/p+1. The molecule has 0 spiro atoms. The number of rotatable bonds is 2. The third-order valence-corrected chi connectivity index (χ3v) is 2.89. The molecule has 1 aromatic carbocycles. The van der Waals surface area contributed by atoms with Gasteiger partial charge in [0.15, 0.2) is 0 Å². The predicted molar refractivity (Wildman–Crippen MR) is 60.5 cm³/mol. The first-order chi connectivity index (χ1) is 7.61. The molecule has 0 aliphatic rings. The average Bonchev–Trinajstić information content (AvgIpc) is 2.60. The maximum Gasteiger partial charge on any atom is 0.441 e. The number of aromatic carboxylic acids is 1. The predicted octanol–water partition coefficient (Wildman–Crippen LogP) is 0.547. The lowest BCUT2D eigenvalue weighted by molar-refractivity contribution is -0.682. The Bertz CT molecular complexity index is 602. The number of hydrogen-bond acceptors (Lipinski definition) is 3. The van der Waals surface area contributed by atoms with Gasteiger partial charge >= 0.3 is 15.3 Å². The highest BCUT2D eigenvalue weighted by Gasteiger charge is 2.25. The van der Waals surface area contributed by atoms with E-state index >= 15 is 0 Å². The molecule has 0 saturated carbocycles. The summed E-state index contributed by atoms with van der Waals surface area (Å²) in [7, 11) is 0. The van der Waals surface area contributed by atoms with Gasteiger partial charge in [-0.1, -0.05) is 12.1 Å². The summed E-state index contributed by atoms with van der Waals surface area (Å²) in [6.07, 6.45) is 0. The van der Waals surface area contributed by atoms with Gasteiger partial charge in [-0.25, -0.2) is 9.59 Å². The number of aromatic amines is 1. The van der Waals surface area contributed by atoms with Crippen LogP contribution in [0.25, 0.3) is 5.69 Å². The lowest BCUT2D eigenvalue weighted by atomic mass is 10.2. The van der Waals surface area contributed by atoms with Crippen LogP contribution in [0.3, 0.4) is 0 Å². The topological polar surface area (TPSA) is 87.2 Å². The molecule has 1 heterocycles. The highest BCUT2D eigenvalue weighted by molar-refractivity contribution is 14.1. The van der Waals surface area contributed by atoms with Crippen LogP contribution in [-0.2, 0) is 0 Å². The number of H-pyrrole nitrogens is 1. The van der Waals surface area contributed by atoms with E-state index in [2.05, 4.69) is 9.79 Å². The van der Waals surface area contributed by atoms with E-state index in [1.165, 1.54) is 10.7 Å². The summed E-state index contributed by atoms with van der Waals surface area (Å²) >= 11 is 1.78. The molecule has 2 aromatic rings. The number of benzene rings is 1. The van der Waals surface area contributed by atoms with Crippen molar-refractivity contribution in [3.05, 3.63) is 43.9 Å². The summed E-state index contributed by atoms with van der Waals surface area (Å²) in [5, 5.41) is 11.3. The van der Waals surface area contributed by atoms with E-state index in [0.29, 0.717) is 5.69 Å². The van der Waals surface area contributed by atoms with Gasteiger partial charge in [0.25, 0.3) is 5.69 Å². The van der Waals surface area contributed by atoms with Crippen LogP contribution in [0, 0.1) is 3.70 Å². The summed E-state index contributed by atoms with van der Waals surface area (Å²) in [6, 6.07) is 6.32. The first-order valence-electron chi connectivity index (χ1n) is 4.23. The van der Waals surface area contributed by atoms with Crippen molar-refractivity contribution in [1.82, 2.24) is 5.27 Å². The van der Waals surface area contributed by atoms with E-state index in [1.54, 1.807) is 40.8 Å². The monoisotopic (exact) mass is 333 g/mol. The average molecular weight is 333 g/mol. The molecule has 6 nitrogen and oxygen atoms in total. The zero-order valence-corrected chi connectivity index (χ0v) is 9.96. The van der Waals surface area contributed by atoms with Gasteiger partial charge in [-0.3, -0.25) is 4.52 Å². The molecule has 0 unspecified atom stereocenters. The maximum absolute atomic E-state index is 11.1. The number of carbonyl (C=O) groups is 1. The van der Waals surface area contributed by atoms with E-state index in [4.69, 9.17) is 5.11 Å². The van der Waals surface area contributed by atoms with Crippen LogP contribution in [0.2, 0.25) is 0 Å². The largest absolute Gasteiger partial charge is 0.477 e. The molecule has 2 N–H and O–H groups in total. The van der Waals surface area contributed by atoms with E-state index in [1.807, 2.05) is 0 Å². The zero-order valence-electron chi connectivity index (χ0n) is 7.81. The van der Waals surface area contributed by atoms with Crippen LogP contribution in [0.5, 0.6) is 0 Å². The van der Waals surface area contributed by atoms with E-state index in [9.17, 15) is 9.59 Å². The van der Waals surface area contributed by atoms with Gasteiger partial charge in [0.2, 0.25) is 0 Å². The summed E-state index contributed by atoms with van der Waals surface area (Å²) in [5.74, 6) is -1.07. The molecule has 0 saturated heterocycles. The molecule has 0 radical (unpaired) electrons. The van der Waals surface area contributed by atoms with Crippen molar-refractivity contribution in [2.45, 2.75) is 0 Å². The van der Waals surface area contributed by atoms with Crippen molar-refractivity contribution in [3.63, 3.8) is 0 Å². The first-order valence-corrected chi connectivity index (χ1v) is 5.31. The smallest absolute Gasteiger partial charge is 0.441 e. The highest BCUT2D eigenvalue weighted by atomic mass is 127. The Hall–Kier alpha value is -1.64. The van der Waals surface area contributed by atoms with Crippen molar-refractivity contribution in [1.29, 1.82) is 0 Å². The van der Waals surface area contributed by atoms with Gasteiger partial charge in [-0.05, 0) is 16.0 Å². The molecule has 0 aliphatic carbocycles. The molecule has 0 fully saturated rings. The summed E-state index contributed by atoms with van der Waals surface area (Å²) in [5.41, 5.74) is -0.103. The molecule has 0 aliphatic heterocycles. The van der Waals surface area contributed by atoms with Crippen molar-refractivity contribution in [2.24, 2.45) is 0 Å². The third kappa shape index (κ3) is 1.73. The van der Waals surface area contributed by atoms with Gasteiger partial charge < -0.3 is 5.11 Å². The second-order valence-corrected chi connectivity index (χ2v) is 3.95. The van der Waals surface area contributed by atoms with Gasteiger partial charge in [-0.15, -0.1) is 0 Å². The van der Waals surface area contributed by atoms with E-state index < -0.39 is 11.6 Å². The fourth-order valence-corrected chi connectivity index (χ4v) is 1.73. The molecular weight excluding hydrogens is 327 g/mol. The fourth-order valence-electron chi connectivity index (χ4n) is 1.26. The lowest BCUT2D eigenvalue weighted by Gasteiger charge is -1.95. The van der Waals surface area contributed by atoms with Crippen LogP contribution in [-0.4, -0.2) is 16.3 Å². The molecule has 82 valence electrons. The number of nitrogens with one attached hydrogen (secondary N) is 1. The molecule has 2 rings (SSSR count). The SMILES string of the molecule is O=C(O)c1ccccc1-[n+]1[nH]oc(=O)c1I. The Morgan fingerprint density at radius 2 is 2.12 bits per heavy atom. The van der Waals surface area contributed by atoms with Crippen molar-refractivity contribution in [2.75, 3.05) is 0 Å². The molecule has 1 aromatic heterocycles. The molecule has 16 heavy (non-hydrogen) atoms. The number of halogens is 1. The molecular formula is C9H6IN2O4+. The Balaban J connectivity index is 2.69. The van der Waals surface area contributed by atoms with Crippen LogP contribution >= 0.6 is 22.6 Å². The van der Waals surface area contributed by atoms with Gasteiger partial charge in [0.1, 0.15) is 5.56 Å². The minimum Gasteiger partial charge on any atom is -0.477 e. The number of nitrogens with zero attached hydrogens (tertiary/aromatic N) is 1. The van der Waals surface area contributed by atoms with Crippen LogP contribution in [0.15, 0.2) is 33.6 Å². The highest BCUT2D eigenvalue weighted by Crippen LogP contribution is 2.08. The minimum absolute atomic E-state index is 0.0856. The fraction of sp³-hybridized carbons (Fsp3) is 0. The van der Waals surface area contributed by atoms with Crippen molar-refractivity contribution >= 4 is 28.6 Å². The maximum atomic E-state index is 11.1. The number of para-hydroxylation sites is 1. The number of carboxylic acids is 1. The summed E-state index contributed by atoms with van der Waals surface area (Å²) in [6.45, 7) is 0. The van der Waals surface area contributed by atoms with Gasteiger partial charge in [0.05, 0.1) is 0 Å². The number of carboxylic acid groups (broad SMARTS) is 1. The third-order valence-electron chi connectivity index (χ3n) is 1.97. The normalized spacial score (nSPS) is 10.3. The van der Waals surface area contributed by atoms with Crippen LogP contribution in [0.1, 0.15) is 10.4 Å². The Morgan fingerprint density at radius 1 is 1.44 bits per heavy atom. The van der Waals surface area contributed by atoms with Crippen molar-refractivity contribution in [3.8, 4) is 5.69 Å². The van der Waals surface area contributed by atoms with Gasteiger partial charge in [-0.2, -0.15) is 0 Å². The Labute approximate surface area is 103 Å². The Morgan fingerprint density at radius 3 is 2.69 bits per heavy atom. The van der Waals surface area contributed by atoms with E-state index in [-0.39, 0.29) is 9.26 Å². The molecule has 0 bridgehead atoms. The summed E-state index contributed by atoms with van der Waals surface area (Å²) in [4.78, 5) is 22.1. The number of aromatic nitrogens is 2. The minimum atomic E-state index is -1.07. The Kier molecular flexibility index (Phi) is 2.77. The second-order valence-electron chi connectivity index (χ2n) is 2.93.